The number of ether oxygens (including phenoxy) is 1. The zero-order valence-corrected chi connectivity index (χ0v) is 17.1. The summed E-state index contributed by atoms with van der Waals surface area (Å²) in [6, 6.07) is 5.88. The van der Waals surface area contributed by atoms with Crippen molar-refractivity contribution in [1.82, 2.24) is 14.3 Å². The SMILES string of the molecule is O=[N+]([O-])c1cc(S(=O)(=O)N2CCOCC2)ccc1N1CCN(c2ncccn2)CC1. The summed E-state index contributed by atoms with van der Waals surface area (Å²) in [4.78, 5) is 23.5. The fraction of sp³-hybridized carbons (Fsp3) is 0.444. The van der Waals surface area contributed by atoms with Gasteiger partial charge in [-0.15, -0.1) is 0 Å². The smallest absolute Gasteiger partial charge is 0.293 e. The average Bonchev–Trinajstić information content (AvgIpc) is 2.80. The zero-order valence-electron chi connectivity index (χ0n) is 16.3. The summed E-state index contributed by atoms with van der Waals surface area (Å²) in [5, 5.41) is 11.7. The highest BCUT2D eigenvalue weighted by Gasteiger charge is 2.31. The molecule has 0 saturated carbocycles. The van der Waals surface area contributed by atoms with Crippen LogP contribution in [0.5, 0.6) is 0 Å². The van der Waals surface area contributed by atoms with Crippen LogP contribution in [0.2, 0.25) is 0 Å². The van der Waals surface area contributed by atoms with Crippen LogP contribution >= 0.6 is 0 Å². The van der Waals surface area contributed by atoms with E-state index in [9.17, 15) is 18.5 Å². The molecule has 2 aliphatic heterocycles. The molecule has 1 aromatic heterocycles. The van der Waals surface area contributed by atoms with Gasteiger partial charge in [0.1, 0.15) is 5.69 Å². The third-order valence-electron chi connectivity index (χ3n) is 5.21. The number of nitrogens with zero attached hydrogens (tertiary/aromatic N) is 6. The number of hydrogen-bond donors (Lipinski definition) is 0. The Kier molecular flexibility index (Phi) is 5.79. The average molecular weight is 434 g/mol. The predicted octanol–water partition coefficient (Wildman–Crippen LogP) is 0.732. The maximum atomic E-state index is 12.9. The molecule has 2 aliphatic rings. The van der Waals surface area contributed by atoms with Crippen LogP contribution in [0.15, 0.2) is 41.6 Å². The van der Waals surface area contributed by atoms with Gasteiger partial charge in [0.05, 0.1) is 23.0 Å². The lowest BCUT2D eigenvalue weighted by atomic mass is 10.2. The Labute approximate surface area is 174 Å². The van der Waals surface area contributed by atoms with Crippen molar-refractivity contribution in [3.8, 4) is 0 Å². The lowest BCUT2D eigenvalue weighted by molar-refractivity contribution is -0.384. The number of nitro benzene ring substituents is 1. The van der Waals surface area contributed by atoms with Crippen molar-refractivity contribution in [3.05, 3.63) is 46.8 Å². The van der Waals surface area contributed by atoms with Crippen LogP contribution in [0.3, 0.4) is 0 Å². The van der Waals surface area contributed by atoms with Gasteiger partial charge < -0.3 is 14.5 Å². The van der Waals surface area contributed by atoms with Crippen LogP contribution < -0.4 is 9.80 Å². The molecule has 0 N–H and O–H groups in total. The number of aromatic nitrogens is 2. The zero-order chi connectivity index (χ0) is 21.1. The lowest BCUT2D eigenvalue weighted by Gasteiger charge is -2.35. The molecule has 2 aromatic rings. The minimum absolute atomic E-state index is 0.0730. The molecule has 0 unspecified atom stereocenters. The Morgan fingerprint density at radius 3 is 2.23 bits per heavy atom. The number of benzene rings is 1. The predicted molar refractivity (Wildman–Crippen MR) is 109 cm³/mol. The van der Waals surface area contributed by atoms with Crippen LogP contribution in [0.1, 0.15) is 0 Å². The summed E-state index contributed by atoms with van der Waals surface area (Å²) in [6.45, 7) is 3.39. The van der Waals surface area contributed by atoms with E-state index in [1.807, 2.05) is 9.80 Å². The van der Waals surface area contributed by atoms with E-state index in [-0.39, 0.29) is 23.7 Å². The standard InChI is InChI=1S/C18H22N6O5S/c25-24(26)17-14-15(30(27,28)23-10-12-29-13-11-23)2-3-16(17)21-6-8-22(9-7-21)18-19-4-1-5-20-18/h1-5,14H,6-13H2. The molecule has 0 amide bonds. The summed E-state index contributed by atoms with van der Waals surface area (Å²) in [5.41, 5.74) is 0.198. The largest absolute Gasteiger partial charge is 0.379 e. The number of sulfonamides is 1. The summed E-state index contributed by atoms with van der Waals surface area (Å²) in [7, 11) is -3.80. The van der Waals surface area contributed by atoms with Gasteiger partial charge in [-0.25, -0.2) is 18.4 Å². The van der Waals surface area contributed by atoms with Crippen molar-refractivity contribution >= 4 is 27.3 Å². The molecule has 0 radical (unpaired) electrons. The normalized spacial score (nSPS) is 18.4. The number of anilines is 2. The highest BCUT2D eigenvalue weighted by molar-refractivity contribution is 7.89. The number of piperazine rings is 1. The number of morpholine rings is 1. The summed E-state index contributed by atoms with van der Waals surface area (Å²) < 4.78 is 32.2. The molecule has 30 heavy (non-hydrogen) atoms. The van der Waals surface area contributed by atoms with Crippen molar-refractivity contribution in [2.24, 2.45) is 0 Å². The molecule has 1 aromatic carbocycles. The first-order chi connectivity index (χ1) is 14.5. The fourth-order valence-corrected chi connectivity index (χ4v) is 5.04. The fourth-order valence-electron chi connectivity index (χ4n) is 3.62. The third kappa shape index (κ3) is 4.06. The van der Waals surface area contributed by atoms with Gasteiger partial charge in [-0.05, 0) is 18.2 Å². The van der Waals surface area contributed by atoms with E-state index >= 15 is 0 Å². The molecule has 3 heterocycles. The molecule has 11 nitrogen and oxygen atoms in total. The van der Waals surface area contributed by atoms with E-state index in [0.717, 1.165) is 6.07 Å². The van der Waals surface area contributed by atoms with Gasteiger partial charge in [0, 0.05) is 57.7 Å². The summed E-state index contributed by atoms with van der Waals surface area (Å²) >= 11 is 0. The Balaban J connectivity index is 1.55. The van der Waals surface area contributed by atoms with Crippen molar-refractivity contribution in [1.29, 1.82) is 0 Å². The van der Waals surface area contributed by atoms with E-state index in [2.05, 4.69) is 9.97 Å². The monoisotopic (exact) mass is 434 g/mol. The van der Waals surface area contributed by atoms with Crippen LogP contribution in [-0.4, -0.2) is 80.1 Å². The van der Waals surface area contributed by atoms with E-state index in [4.69, 9.17) is 4.74 Å². The van der Waals surface area contributed by atoms with E-state index in [1.54, 1.807) is 18.5 Å². The minimum atomic E-state index is -3.80. The van der Waals surface area contributed by atoms with Crippen LogP contribution in [0.4, 0.5) is 17.3 Å². The Morgan fingerprint density at radius 1 is 0.967 bits per heavy atom. The second-order valence-electron chi connectivity index (χ2n) is 6.95. The highest BCUT2D eigenvalue weighted by Crippen LogP contribution is 2.33. The Hall–Kier alpha value is -2.83. The molecule has 0 spiro atoms. The van der Waals surface area contributed by atoms with Gasteiger partial charge in [0.25, 0.3) is 5.69 Å². The molecular weight excluding hydrogens is 412 g/mol. The number of rotatable bonds is 5. The Morgan fingerprint density at radius 2 is 1.60 bits per heavy atom. The van der Waals surface area contributed by atoms with Crippen molar-refractivity contribution in [3.63, 3.8) is 0 Å². The Bertz CT molecular complexity index is 1000. The van der Waals surface area contributed by atoms with Gasteiger partial charge in [-0.3, -0.25) is 10.1 Å². The summed E-state index contributed by atoms with van der Waals surface area (Å²) in [5.74, 6) is 0.624. The van der Waals surface area contributed by atoms with Crippen molar-refractivity contribution in [2.75, 3.05) is 62.3 Å². The first-order valence-corrected chi connectivity index (χ1v) is 11.0. The first-order valence-electron chi connectivity index (χ1n) is 9.60. The highest BCUT2D eigenvalue weighted by atomic mass is 32.2. The van der Waals surface area contributed by atoms with Gasteiger partial charge in [-0.2, -0.15) is 4.31 Å². The number of hydrogen-bond acceptors (Lipinski definition) is 9. The van der Waals surface area contributed by atoms with Crippen molar-refractivity contribution < 1.29 is 18.1 Å². The molecule has 0 aliphatic carbocycles. The van der Waals surface area contributed by atoms with E-state index in [0.29, 0.717) is 51.0 Å². The molecule has 160 valence electrons. The topological polar surface area (TPSA) is 122 Å². The van der Waals surface area contributed by atoms with Gasteiger partial charge in [-0.1, -0.05) is 0 Å². The molecule has 2 fully saturated rings. The van der Waals surface area contributed by atoms with Crippen LogP contribution in [0, 0.1) is 10.1 Å². The molecule has 4 rings (SSSR count). The van der Waals surface area contributed by atoms with Gasteiger partial charge >= 0.3 is 0 Å². The molecule has 12 heteroatoms. The van der Waals surface area contributed by atoms with E-state index in [1.165, 1.54) is 16.4 Å². The molecule has 2 saturated heterocycles. The molecule has 0 atom stereocenters. The maximum absolute atomic E-state index is 12.9. The van der Waals surface area contributed by atoms with E-state index < -0.39 is 14.9 Å². The molecule has 0 bridgehead atoms. The third-order valence-corrected chi connectivity index (χ3v) is 7.10. The summed E-state index contributed by atoms with van der Waals surface area (Å²) in [6.07, 6.45) is 3.35. The second-order valence-corrected chi connectivity index (χ2v) is 8.88. The minimum Gasteiger partial charge on any atom is -0.379 e. The van der Waals surface area contributed by atoms with Crippen LogP contribution in [-0.2, 0) is 14.8 Å². The molecular formula is C18H22N6O5S. The van der Waals surface area contributed by atoms with Gasteiger partial charge in [0.15, 0.2) is 0 Å². The van der Waals surface area contributed by atoms with Crippen molar-refractivity contribution in [2.45, 2.75) is 4.90 Å². The second kappa shape index (κ2) is 8.50. The van der Waals surface area contributed by atoms with Crippen LogP contribution in [0.25, 0.3) is 0 Å². The first kappa shape index (κ1) is 20.4. The number of nitro groups is 1. The maximum Gasteiger partial charge on any atom is 0.293 e. The quantitative estimate of drug-likeness (QED) is 0.495. The lowest BCUT2D eigenvalue weighted by Crippen LogP contribution is -2.47. The van der Waals surface area contributed by atoms with Gasteiger partial charge in [0.2, 0.25) is 16.0 Å².